The fourth-order valence-corrected chi connectivity index (χ4v) is 2.30. The molecule has 2 aromatic carbocycles. The maximum Gasteiger partial charge on any atom is 0.270 e. The van der Waals surface area contributed by atoms with Gasteiger partial charge < -0.3 is 10.4 Å². The summed E-state index contributed by atoms with van der Waals surface area (Å²) in [6, 6.07) is 14.5. The lowest BCUT2D eigenvalue weighted by Crippen LogP contribution is -2.15. The highest BCUT2D eigenvalue weighted by atomic mass is 35.5. The van der Waals surface area contributed by atoms with E-state index in [-0.39, 0.29) is 0 Å². The molecule has 0 aliphatic rings. The van der Waals surface area contributed by atoms with E-state index >= 15 is 0 Å². The van der Waals surface area contributed by atoms with Crippen molar-refractivity contribution in [1.82, 2.24) is 0 Å². The molecule has 0 aliphatic heterocycles. The van der Waals surface area contributed by atoms with Crippen LogP contribution in [0.4, 0.5) is 5.69 Å². The first kappa shape index (κ1) is 15.9. The second-order valence-corrected chi connectivity index (χ2v) is 5.19. The van der Waals surface area contributed by atoms with E-state index in [1.165, 1.54) is 18.2 Å². The third kappa shape index (κ3) is 3.79. The Hall–Kier alpha value is -2.48. The van der Waals surface area contributed by atoms with Crippen molar-refractivity contribution in [2.24, 2.45) is 0 Å². The number of halogens is 2. The lowest BCUT2D eigenvalue weighted by atomic mass is 10.1. The predicted octanol–water partition coefficient (Wildman–Crippen LogP) is 4.42. The zero-order valence-corrected chi connectivity index (χ0v) is 12.7. The Morgan fingerprint density at radius 1 is 1.09 bits per heavy atom. The normalized spacial score (nSPS) is 11.3. The molecule has 0 spiro atoms. The molecule has 0 aromatic heterocycles. The van der Waals surface area contributed by atoms with Gasteiger partial charge in [0.25, 0.3) is 5.91 Å². The number of rotatable bonds is 3. The minimum atomic E-state index is -0.748. The molecule has 2 rings (SSSR count). The fraction of sp³-hybridized carbons (Fsp3) is 0. The summed E-state index contributed by atoms with van der Waals surface area (Å²) >= 11 is 11.7. The number of aliphatic hydroxyl groups excluding tert-OH is 1. The van der Waals surface area contributed by atoms with Gasteiger partial charge in [0.05, 0.1) is 0 Å². The van der Waals surface area contributed by atoms with Crippen LogP contribution in [0.15, 0.2) is 54.1 Å². The number of nitrogens with one attached hydrogen (secondary N) is 1. The summed E-state index contributed by atoms with van der Waals surface area (Å²) in [5.41, 5.74) is 0.303. The summed E-state index contributed by atoms with van der Waals surface area (Å²) < 4.78 is 0. The Balaban J connectivity index is 2.32. The molecular weight excluding hydrogens is 323 g/mol. The van der Waals surface area contributed by atoms with Gasteiger partial charge in [-0.1, -0.05) is 53.5 Å². The van der Waals surface area contributed by atoms with Crippen LogP contribution < -0.4 is 5.32 Å². The van der Waals surface area contributed by atoms with Crippen molar-refractivity contribution in [1.29, 1.82) is 5.26 Å². The van der Waals surface area contributed by atoms with Gasteiger partial charge in [-0.2, -0.15) is 5.26 Å². The first-order chi connectivity index (χ1) is 10.5. The van der Waals surface area contributed by atoms with Crippen LogP contribution in [0.25, 0.3) is 5.76 Å². The number of aliphatic hydroxyl groups is 1. The van der Waals surface area contributed by atoms with E-state index in [1.54, 1.807) is 36.4 Å². The van der Waals surface area contributed by atoms with E-state index < -0.39 is 17.2 Å². The number of hydrogen-bond acceptors (Lipinski definition) is 3. The fourth-order valence-electron chi connectivity index (χ4n) is 1.77. The topological polar surface area (TPSA) is 73.1 Å². The number of benzene rings is 2. The highest BCUT2D eigenvalue weighted by Gasteiger charge is 2.17. The Morgan fingerprint density at radius 3 is 2.23 bits per heavy atom. The van der Waals surface area contributed by atoms with Crippen LogP contribution in [0.3, 0.4) is 0 Å². The second-order valence-electron chi connectivity index (χ2n) is 4.31. The van der Waals surface area contributed by atoms with Gasteiger partial charge in [0.1, 0.15) is 11.8 Å². The first-order valence-corrected chi connectivity index (χ1v) is 6.93. The van der Waals surface area contributed by atoms with Gasteiger partial charge in [0, 0.05) is 21.3 Å². The van der Waals surface area contributed by atoms with Crippen LogP contribution in [-0.4, -0.2) is 11.0 Å². The molecule has 0 atom stereocenters. The van der Waals surface area contributed by atoms with Crippen LogP contribution >= 0.6 is 23.2 Å². The molecule has 1 amide bonds. The largest absolute Gasteiger partial charge is 0.506 e. The zero-order valence-electron chi connectivity index (χ0n) is 11.2. The maximum atomic E-state index is 12.1. The molecular formula is C16H10Cl2N2O2. The van der Waals surface area contributed by atoms with Crippen LogP contribution in [-0.2, 0) is 4.79 Å². The minimum absolute atomic E-state index is 0.330. The second kappa shape index (κ2) is 6.99. The summed E-state index contributed by atoms with van der Waals surface area (Å²) in [6.45, 7) is 0. The molecule has 110 valence electrons. The zero-order chi connectivity index (χ0) is 16.1. The molecule has 22 heavy (non-hydrogen) atoms. The Bertz CT molecular complexity index is 760. The molecule has 0 saturated heterocycles. The standard InChI is InChI=1S/C16H10Cl2N2O2/c17-11-6-12(18)8-13(7-11)20-16(22)14(9-19)15(21)10-4-2-1-3-5-10/h1-8,21H,(H,20,22)/b15-14-. The Kier molecular flexibility index (Phi) is 5.05. The molecule has 0 fully saturated rings. The molecule has 0 bridgehead atoms. The number of carbonyl (C=O) groups excluding carboxylic acids is 1. The van der Waals surface area contributed by atoms with Crippen molar-refractivity contribution >= 4 is 40.6 Å². The van der Waals surface area contributed by atoms with E-state index in [9.17, 15) is 9.90 Å². The van der Waals surface area contributed by atoms with Crippen LogP contribution in [0.1, 0.15) is 5.56 Å². The number of nitriles is 1. The van der Waals surface area contributed by atoms with Crippen molar-refractivity contribution in [2.45, 2.75) is 0 Å². The summed E-state index contributed by atoms with van der Waals surface area (Å²) in [5.74, 6) is -1.14. The lowest BCUT2D eigenvalue weighted by molar-refractivity contribution is -0.112. The number of carbonyl (C=O) groups is 1. The van der Waals surface area contributed by atoms with Gasteiger partial charge in [-0.05, 0) is 18.2 Å². The van der Waals surface area contributed by atoms with Crippen LogP contribution in [0.2, 0.25) is 10.0 Å². The molecule has 0 heterocycles. The molecule has 0 saturated carbocycles. The summed E-state index contributed by atoms with van der Waals surface area (Å²) in [7, 11) is 0. The van der Waals surface area contributed by atoms with Crippen LogP contribution in [0.5, 0.6) is 0 Å². The minimum Gasteiger partial charge on any atom is -0.506 e. The number of nitrogens with zero attached hydrogens (tertiary/aromatic N) is 1. The predicted molar refractivity (Wildman–Crippen MR) is 86.7 cm³/mol. The van der Waals surface area contributed by atoms with Gasteiger partial charge in [0.15, 0.2) is 5.57 Å². The van der Waals surface area contributed by atoms with Gasteiger partial charge in [0.2, 0.25) is 0 Å². The molecule has 2 aromatic rings. The third-order valence-electron chi connectivity index (χ3n) is 2.74. The maximum absolute atomic E-state index is 12.1. The number of anilines is 1. The highest BCUT2D eigenvalue weighted by molar-refractivity contribution is 6.35. The van der Waals surface area contributed by atoms with Gasteiger partial charge >= 0.3 is 0 Å². The molecule has 2 N–H and O–H groups in total. The summed E-state index contributed by atoms with van der Waals surface area (Å²) in [5, 5.41) is 22.4. The van der Waals surface area contributed by atoms with Crippen LogP contribution in [0, 0.1) is 11.3 Å². The smallest absolute Gasteiger partial charge is 0.270 e. The number of hydrogen-bond donors (Lipinski definition) is 2. The Labute approximate surface area is 137 Å². The first-order valence-electron chi connectivity index (χ1n) is 6.17. The number of amides is 1. The third-order valence-corrected chi connectivity index (χ3v) is 3.18. The van der Waals surface area contributed by atoms with E-state index in [0.29, 0.717) is 21.3 Å². The summed E-state index contributed by atoms with van der Waals surface area (Å²) in [6.07, 6.45) is 0. The average molecular weight is 333 g/mol. The van der Waals surface area contributed by atoms with Gasteiger partial charge in [-0.3, -0.25) is 4.79 Å². The molecule has 0 aliphatic carbocycles. The van der Waals surface area contributed by atoms with Crippen molar-refractivity contribution in [3.63, 3.8) is 0 Å². The quantitative estimate of drug-likeness (QED) is 0.496. The van der Waals surface area contributed by atoms with E-state index in [0.717, 1.165) is 0 Å². The van der Waals surface area contributed by atoms with E-state index in [4.69, 9.17) is 28.5 Å². The molecule has 0 unspecified atom stereocenters. The van der Waals surface area contributed by atoms with Crippen molar-refractivity contribution in [3.05, 3.63) is 69.7 Å². The van der Waals surface area contributed by atoms with E-state index in [2.05, 4.69) is 5.32 Å². The SMILES string of the molecule is N#C/C(C(=O)Nc1cc(Cl)cc(Cl)c1)=C(/O)c1ccccc1. The highest BCUT2D eigenvalue weighted by Crippen LogP contribution is 2.23. The van der Waals surface area contributed by atoms with Crippen molar-refractivity contribution in [2.75, 3.05) is 5.32 Å². The van der Waals surface area contributed by atoms with Gasteiger partial charge in [-0.25, -0.2) is 0 Å². The average Bonchev–Trinajstić information content (AvgIpc) is 2.47. The summed E-state index contributed by atoms with van der Waals surface area (Å²) in [4.78, 5) is 12.1. The lowest BCUT2D eigenvalue weighted by Gasteiger charge is -2.07. The molecule has 6 heteroatoms. The Morgan fingerprint density at radius 2 is 1.68 bits per heavy atom. The van der Waals surface area contributed by atoms with E-state index in [1.807, 2.05) is 0 Å². The van der Waals surface area contributed by atoms with Gasteiger partial charge in [-0.15, -0.1) is 0 Å². The molecule has 4 nitrogen and oxygen atoms in total. The molecule has 0 radical (unpaired) electrons. The van der Waals surface area contributed by atoms with Crippen molar-refractivity contribution < 1.29 is 9.90 Å². The van der Waals surface area contributed by atoms with Crippen molar-refractivity contribution in [3.8, 4) is 6.07 Å². The monoisotopic (exact) mass is 332 g/mol.